The van der Waals surface area contributed by atoms with Crippen LogP contribution < -0.4 is 10.1 Å². The maximum atomic E-state index is 11.6. The van der Waals surface area contributed by atoms with E-state index in [4.69, 9.17) is 4.74 Å². The highest BCUT2D eigenvalue weighted by molar-refractivity contribution is 6.02. The Labute approximate surface area is 171 Å². The minimum atomic E-state index is -0.0820. The Morgan fingerprint density at radius 3 is 2.55 bits per heavy atom. The highest BCUT2D eigenvalue weighted by atomic mass is 16.5. The minimum Gasteiger partial charge on any atom is -0.492 e. The molecule has 0 radical (unpaired) electrons. The summed E-state index contributed by atoms with van der Waals surface area (Å²) in [6, 6.07) is 14.3. The molecule has 29 heavy (non-hydrogen) atoms. The summed E-state index contributed by atoms with van der Waals surface area (Å²) in [6.45, 7) is 7.58. The van der Waals surface area contributed by atoms with Gasteiger partial charge in [0.25, 0.3) is 0 Å². The van der Waals surface area contributed by atoms with Crippen LogP contribution in [-0.4, -0.2) is 42.0 Å². The van der Waals surface area contributed by atoms with Gasteiger partial charge in [0, 0.05) is 25.1 Å². The monoisotopic (exact) mass is 389 g/mol. The summed E-state index contributed by atoms with van der Waals surface area (Å²) in [5, 5.41) is 3.90. The molecule has 4 rings (SSSR count). The fourth-order valence-electron chi connectivity index (χ4n) is 3.86. The van der Waals surface area contributed by atoms with Gasteiger partial charge >= 0.3 is 0 Å². The smallest absolute Gasteiger partial charge is 0.221 e. The summed E-state index contributed by atoms with van der Waals surface area (Å²) >= 11 is 0. The number of aromatic nitrogens is 1. The van der Waals surface area contributed by atoms with Crippen LogP contribution in [0.25, 0.3) is 22.0 Å². The zero-order valence-corrected chi connectivity index (χ0v) is 17.1. The molecule has 1 fully saturated rings. The van der Waals surface area contributed by atoms with Gasteiger partial charge in [0.2, 0.25) is 5.91 Å². The van der Waals surface area contributed by atoms with Gasteiger partial charge in [0.1, 0.15) is 12.4 Å². The molecule has 0 bridgehead atoms. The molecule has 1 saturated heterocycles. The van der Waals surface area contributed by atoms with Crippen LogP contribution in [0, 0.1) is 6.92 Å². The number of likely N-dealkylation sites (tertiary alicyclic amines) is 1. The molecule has 5 nitrogen and oxygen atoms in total. The van der Waals surface area contributed by atoms with Crippen LogP contribution in [-0.2, 0) is 4.79 Å². The Hall–Kier alpha value is -2.92. The lowest BCUT2D eigenvalue weighted by Gasteiger charge is -2.15. The van der Waals surface area contributed by atoms with Crippen molar-refractivity contribution in [2.45, 2.75) is 26.7 Å². The normalized spacial score (nSPS) is 14.3. The third-order valence-corrected chi connectivity index (χ3v) is 5.42. The number of aryl methyl sites for hydroxylation is 1. The first-order valence-electron chi connectivity index (χ1n) is 10.2. The zero-order valence-electron chi connectivity index (χ0n) is 17.1. The predicted octanol–water partition coefficient (Wildman–Crippen LogP) is 4.64. The lowest BCUT2D eigenvalue weighted by atomic mass is 10.0. The van der Waals surface area contributed by atoms with Gasteiger partial charge in [-0.15, -0.1) is 0 Å². The van der Waals surface area contributed by atoms with Gasteiger partial charge in [0.05, 0.1) is 11.2 Å². The molecule has 0 unspecified atom stereocenters. The number of hydrogen-bond donors (Lipinski definition) is 1. The third-order valence-electron chi connectivity index (χ3n) is 5.42. The molecular formula is C24H27N3O2. The van der Waals surface area contributed by atoms with E-state index in [0.29, 0.717) is 0 Å². The Bertz CT molecular complexity index is 1010. The molecule has 1 amide bonds. The number of nitrogens with one attached hydrogen (secondary N) is 1. The fourth-order valence-corrected chi connectivity index (χ4v) is 3.86. The van der Waals surface area contributed by atoms with E-state index >= 15 is 0 Å². The molecule has 0 spiro atoms. The quantitative estimate of drug-likeness (QED) is 0.667. The van der Waals surface area contributed by atoms with Crippen LogP contribution in [0.15, 0.2) is 48.7 Å². The summed E-state index contributed by atoms with van der Waals surface area (Å²) < 4.78 is 5.91. The Balaban J connectivity index is 1.52. The van der Waals surface area contributed by atoms with Crippen LogP contribution in [0.4, 0.5) is 5.69 Å². The van der Waals surface area contributed by atoms with Crippen molar-refractivity contribution in [1.82, 2.24) is 9.88 Å². The van der Waals surface area contributed by atoms with Crippen molar-refractivity contribution in [2.24, 2.45) is 0 Å². The molecule has 1 aliphatic rings. The first-order chi connectivity index (χ1) is 14.1. The number of hydrogen-bond acceptors (Lipinski definition) is 4. The van der Waals surface area contributed by atoms with Crippen LogP contribution in [0.2, 0.25) is 0 Å². The van der Waals surface area contributed by atoms with E-state index in [1.807, 2.05) is 25.1 Å². The molecule has 0 saturated carbocycles. The highest BCUT2D eigenvalue weighted by Gasteiger charge is 2.11. The summed E-state index contributed by atoms with van der Waals surface area (Å²) in [6.07, 6.45) is 4.40. The molecule has 0 atom stereocenters. The van der Waals surface area contributed by atoms with E-state index in [9.17, 15) is 4.79 Å². The summed E-state index contributed by atoms with van der Waals surface area (Å²) in [5.74, 6) is 0.812. The molecule has 2 aromatic carbocycles. The largest absolute Gasteiger partial charge is 0.492 e. The van der Waals surface area contributed by atoms with Crippen LogP contribution >= 0.6 is 0 Å². The average molecular weight is 389 g/mol. The second-order valence-corrected chi connectivity index (χ2v) is 7.65. The van der Waals surface area contributed by atoms with Gasteiger partial charge in [-0.1, -0.05) is 18.2 Å². The first kappa shape index (κ1) is 19.4. The Kier molecular flexibility index (Phi) is 5.76. The molecule has 3 aromatic rings. The van der Waals surface area contributed by atoms with Crippen LogP contribution in [0.3, 0.4) is 0 Å². The van der Waals surface area contributed by atoms with Gasteiger partial charge in [0.15, 0.2) is 0 Å². The predicted molar refractivity (Wildman–Crippen MR) is 117 cm³/mol. The Morgan fingerprint density at radius 2 is 1.83 bits per heavy atom. The van der Waals surface area contributed by atoms with Crippen LogP contribution in [0.5, 0.6) is 5.75 Å². The number of amides is 1. The zero-order chi connectivity index (χ0) is 20.2. The number of anilines is 1. The summed E-state index contributed by atoms with van der Waals surface area (Å²) in [5.41, 5.74) is 4.83. The average Bonchev–Trinajstić information content (AvgIpc) is 3.24. The molecule has 150 valence electrons. The fraction of sp³-hybridized carbons (Fsp3) is 0.333. The van der Waals surface area contributed by atoms with E-state index < -0.39 is 0 Å². The number of carbonyl (C=O) groups excluding carboxylic acids is 1. The number of benzene rings is 2. The number of fused-ring (bicyclic) bond motifs is 1. The maximum absolute atomic E-state index is 11.6. The second-order valence-electron chi connectivity index (χ2n) is 7.65. The van der Waals surface area contributed by atoms with E-state index in [1.54, 1.807) is 6.20 Å². The molecular weight excluding hydrogens is 362 g/mol. The van der Waals surface area contributed by atoms with Crippen molar-refractivity contribution in [2.75, 3.05) is 31.6 Å². The number of rotatable bonds is 6. The third kappa shape index (κ3) is 4.57. The van der Waals surface area contributed by atoms with E-state index in [0.717, 1.165) is 52.2 Å². The minimum absolute atomic E-state index is 0.0820. The van der Waals surface area contributed by atoms with Crippen molar-refractivity contribution in [3.05, 3.63) is 54.2 Å². The highest BCUT2D eigenvalue weighted by Crippen LogP contribution is 2.31. The van der Waals surface area contributed by atoms with Crippen molar-refractivity contribution in [3.63, 3.8) is 0 Å². The van der Waals surface area contributed by atoms with E-state index in [2.05, 4.69) is 39.5 Å². The number of ether oxygens (including phenoxy) is 1. The van der Waals surface area contributed by atoms with Crippen molar-refractivity contribution >= 4 is 22.5 Å². The van der Waals surface area contributed by atoms with E-state index in [-0.39, 0.29) is 5.91 Å². The molecule has 1 aliphatic heterocycles. The van der Waals surface area contributed by atoms with Gasteiger partial charge in [-0.3, -0.25) is 14.7 Å². The van der Waals surface area contributed by atoms with Gasteiger partial charge in [-0.05, 0) is 73.8 Å². The number of pyridine rings is 1. The van der Waals surface area contributed by atoms with Crippen molar-refractivity contribution in [1.29, 1.82) is 0 Å². The molecule has 0 aliphatic carbocycles. The molecule has 2 heterocycles. The lowest BCUT2D eigenvalue weighted by molar-refractivity contribution is -0.114. The summed E-state index contributed by atoms with van der Waals surface area (Å²) in [7, 11) is 0. The number of nitrogens with zero attached hydrogens (tertiary/aromatic N) is 2. The number of carbonyl (C=O) groups is 1. The SMILES string of the molecule is CC(=O)Nc1c(C)cnc2ccc(-c3ccc(OCCN4CCCC4)cc3)cc12. The molecule has 1 aromatic heterocycles. The maximum Gasteiger partial charge on any atom is 0.221 e. The summed E-state index contributed by atoms with van der Waals surface area (Å²) in [4.78, 5) is 18.6. The van der Waals surface area contributed by atoms with E-state index in [1.165, 1.54) is 32.9 Å². The van der Waals surface area contributed by atoms with Crippen LogP contribution in [0.1, 0.15) is 25.3 Å². The first-order valence-corrected chi connectivity index (χ1v) is 10.2. The standard InChI is InChI=1S/C24H27N3O2/c1-17-16-25-23-10-7-20(15-22(23)24(17)26-18(2)28)19-5-8-21(9-6-19)29-14-13-27-11-3-4-12-27/h5-10,15-16H,3-4,11-14H2,1-2H3,(H,25,26,28). The van der Waals surface area contributed by atoms with Gasteiger partial charge in [-0.2, -0.15) is 0 Å². The molecule has 1 N–H and O–H groups in total. The molecule has 5 heteroatoms. The Morgan fingerprint density at radius 1 is 1.10 bits per heavy atom. The topological polar surface area (TPSA) is 54.5 Å². The second kappa shape index (κ2) is 8.62. The van der Waals surface area contributed by atoms with Crippen molar-refractivity contribution < 1.29 is 9.53 Å². The van der Waals surface area contributed by atoms with Crippen molar-refractivity contribution in [3.8, 4) is 16.9 Å². The van der Waals surface area contributed by atoms with Gasteiger partial charge in [-0.25, -0.2) is 0 Å². The van der Waals surface area contributed by atoms with Gasteiger partial charge < -0.3 is 10.1 Å². The lowest BCUT2D eigenvalue weighted by Crippen LogP contribution is -2.25.